The molecule has 0 bridgehead atoms. The molecule has 0 aliphatic heterocycles. The maximum atomic E-state index is 4.45. The number of thiophene rings is 2. The number of hydrogen-bond acceptors (Lipinski definition) is 6. The molecule has 0 amide bonds. The third-order valence-electron chi connectivity index (χ3n) is 8.88. The zero-order chi connectivity index (χ0) is 35.8. The van der Waals surface area contributed by atoms with E-state index in [1.807, 2.05) is 31.2 Å². The fourth-order valence-electron chi connectivity index (χ4n) is 6.51. The van der Waals surface area contributed by atoms with Gasteiger partial charge in [-0.25, -0.2) is 0 Å². The van der Waals surface area contributed by atoms with E-state index in [0.717, 1.165) is 49.7 Å². The molecule has 3 aromatic carbocycles. The van der Waals surface area contributed by atoms with Crippen LogP contribution >= 0.6 is 29.9 Å². The molecular weight excluding hydrogens is 870 g/mol. The van der Waals surface area contributed by atoms with Crippen molar-refractivity contribution >= 4 is 51.9 Å². The minimum absolute atomic E-state index is 0.493. The molecule has 7 rings (SSSR count). The van der Waals surface area contributed by atoms with E-state index in [0.29, 0.717) is 11.6 Å². The molecule has 4 nitrogen and oxygen atoms in total. The summed E-state index contributed by atoms with van der Waals surface area (Å²) in [5.41, 5.74) is 3.76. The Morgan fingerprint density at radius 2 is 1.21 bits per heavy atom. The first kappa shape index (κ1) is 35.8. The van der Waals surface area contributed by atoms with Crippen LogP contribution in [0.5, 0.6) is 0 Å². The summed E-state index contributed by atoms with van der Waals surface area (Å²) in [7, 11) is -2.43. The standard InChI is InChI=1S/C44H35N4PS2.Os/c1-4-16-39-27-29-41(50-39)43-45-47-44(48-46-43)42-30-28-40(51-42)26-25-34(31-35-18-15-17-33(35)5-2)32(3)49(36-19-9-6-10-20-36,37-21-11-7-12-22-37)38-23-13-8-14-24-38;/h4-14,16,19-24,27-31H,15,17-18H2,1-2H3;/q+1;/b16-4+,33-5?,34-32?,35-31?;. The van der Waals surface area contributed by atoms with Crippen LogP contribution in [0.15, 0.2) is 156 Å². The average Bonchev–Trinajstić information content (AvgIpc) is 3.99. The van der Waals surface area contributed by atoms with Gasteiger partial charge in [-0.15, -0.1) is 11.3 Å². The number of benzene rings is 3. The van der Waals surface area contributed by atoms with Gasteiger partial charge in [0.25, 0.3) is 0 Å². The van der Waals surface area contributed by atoms with Crippen LogP contribution in [0.2, 0.25) is 0 Å². The second-order valence-corrected chi connectivity index (χ2v) is 18.2. The van der Waals surface area contributed by atoms with E-state index in [1.54, 1.807) is 40.6 Å². The molecule has 52 heavy (non-hydrogen) atoms. The Balaban J connectivity index is 1.37. The summed E-state index contributed by atoms with van der Waals surface area (Å²) < 4.78 is 3.79. The summed E-state index contributed by atoms with van der Waals surface area (Å²) in [6.07, 6.45) is 12.0. The van der Waals surface area contributed by atoms with Crippen molar-refractivity contribution < 1.29 is 17.9 Å². The van der Waals surface area contributed by atoms with Gasteiger partial charge in [0.05, 0.1) is 4.88 Å². The Kier molecular flexibility index (Phi) is 11.6. The molecule has 6 aromatic rings. The number of hydrogen-bond donors (Lipinski definition) is 0. The molecular formula is C44H35N4OsPS2+. The summed E-state index contributed by atoms with van der Waals surface area (Å²) >= 11 is 4.96. The monoisotopic (exact) mass is 906 g/mol. The molecule has 1 aliphatic rings. The SMILES string of the molecule is CC=C1CCCC1=CC(C#Cc1ccc(-c2nnc(-c3ccc(/C=C/C)s3)nn2)s1)=C([C]#[Os])[P+](c1ccccc1)(c1ccccc1)c1ccccc1. The van der Waals surface area contributed by atoms with Gasteiger partial charge in [-0.2, -0.15) is 0 Å². The summed E-state index contributed by atoms with van der Waals surface area (Å²) in [5, 5.41) is 22.7. The zero-order valence-corrected chi connectivity index (χ0v) is 33.9. The molecule has 1 saturated carbocycles. The molecule has 1 fully saturated rings. The third kappa shape index (κ3) is 7.47. The first-order valence-corrected chi connectivity index (χ1v) is 21.8. The molecule has 0 radical (unpaired) electrons. The van der Waals surface area contributed by atoms with Crippen molar-refractivity contribution in [3.05, 3.63) is 165 Å². The van der Waals surface area contributed by atoms with Crippen LogP contribution < -0.4 is 15.9 Å². The molecule has 255 valence electrons. The van der Waals surface area contributed by atoms with Crippen molar-refractivity contribution in [2.45, 2.75) is 33.1 Å². The molecule has 0 spiro atoms. The van der Waals surface area contributed by atoms with E-state index in [4.69, 9.17) is 0 Å². The van der Waals surface area contributed by atoms with Gasteiger partial charge in [0.2, 0.25) is 0 Å². The molecule has 3 heterocycles. The van der Waals surface area contributed by atoms with Crippen LogP contribution in [0, 0.1) is 16.2 Å². The van der Waals surface area contributed by atoms with Crippen LogP contribution in [0.3, 0.4) is 0 Å². The molecule has 8 heteroatoms. The Bertz CT molecular complexity index is 2310. The summed E-state index contributed by atoms with van der Waals surface area (Å²) in [4.78, 5) is 3.88. The molecule has 0 saturated heterocycles. The Morgan fingerprint density at radius 1 is 0.673 bits per heavy atom. The number of allylic oxidation sites excluding steroid dienone is 7. The predicted molar refractivity (Wildman–Crippen MR) is 218 cm³/mol. The van der Waals surface area contributed by atoms with E-state index in [9.17, 15) is 0 Å². The number of aromatic nitrogens is 4. The van der Waals surface area contributed by atoms with Crippen LogP contribution in [-0.2, 0) is 17.9 Å². The average molecular weight is 905 g/mol. The van der Waals surface area contributed by atoms with Gasteiger partial charge in [0, 0.05) is 4.88 Å². The molecule has 0 unspecified atom stereocenters. The molecule has 0 atom stereocenters. The summed E-state index contributed by atoms with van der Waals surface area (Å²) in [6.45, 7) is 4.15. The first-order chi connectivity index (χ1) is 25.6. The molecule has 0 N–H and O–H groups in total. The van der Waals surface area contributed by atoms with Crippen LogP contribution in [0.25, 0.3) is 27.5 Å². The van der Waals surface area contributed by atoms with Gasteiger partial charge in [0.1, 0.15) is 0 Å². The number of nitrogens with zero attached hydrogens (tertiary/aromatic N) is 4. The van der Waals surface area contributed by atoms with Gasteiger partial charge < -0.3 is 0 Å². The van der Waals surface area contributed by atoms with E-state index in [-0.39, 0.29) is 0 Å². The van der Waals surface area contributed by atoms with Crippen LogP contribution in [0.4, 0.5) is 0 Å². The van der Waals surface area contributed by atoms with Crippen molar-refractivity contribution in [1.82, 2.24) is 20.4 Å². The van der Waals surface area contributed by atoms with Crippen molar-refractivity contribution in [2.75, 3.05) is 0 Å². The normalized spacial score (nSPS) is 15.0. The van der Waals surface area contributed by atoms with Crippen LogP contribution in [-0.4, -0.2) is 20.4 Å². The quantitative estimate of drug-likeness (QED) is 0.113. The van der Waals surface area contributed by atoms with E-state index in [2.05, 4.69) is 159 Å². The van der Waals surface area contributed by atoms with Crippen molar-refractivity contribution in [3.63, 3.8) is 0 Å². The third-order valence-corrected chi connectivity index (χ3v) is 16.3. The van der Waals surface area contributed by atoms with Gasteiger partial charge in [0.15, 0.2) is 0 Å². The topological polar surface area (TPSA) is 51.6 Å². The second kappa shape index (κ2) is 16.8. The molecule has 1 aliphatic carbocycles. The molecule has 3 aromatic heterocycles. The Morgan fingerprint density at radius 3 is 1.75 bits per heavy atom. The van der Waals surface area contributed by atoms with Crippen molar-refractivity contribution in [2.24, 2.45) is 0 Å². The summed E-state index contributed by atoms with van der Waals surface area (Å²) in [6, 6.07) is 40.9. The van der Waals surface area contributed by atoms with Gasteiger partial charge >= 0.3 is 274 Å². The fourth-order valence-corrected chi connectivity index (χ4v) is 13.9. The number of rotatable bonds is 8. The minimum atomic E-state index is -2.43. The van der Waals surface area contributed by atoms with Crippen molar-refractivity contribution in [1.29, 1.82) is 0 Å². The summed E-state index contributed by atoms with van der Waals surface area (Å²) in [5.74, 6) is 8.29. The Hall–Kier alpha value is -4.63. The van der Waals surface area contributed by atoms with Gasteiger partial charge in [-0.1, -0.05) is 6.08 Å². The predicted octanol–water partition coefficient (Wildman–Crippen LogP) is 9.92. The van der Waals surface area contributed by atoms with E-state index >= 15 is 0 Å². The second-order valence-electron chi connectivity index (χ2n) is 12.0. The van der Waals surface area contributed by atoms with E-state index < -0.39 is 7.26 Å². The van der Waals surface area contributed by atoms with E-state index in [1.165, 1.54) is 27.1 Å². The maximum absolute atomic E-state index is 4.45. The Labute approximate surface area is 324 Å². The van der Waals surface area contributed by atoms with Crippen LogP contribution in [0.1, 0.15) is 42.9 Å². The van der Waals surface area contributed by atoms with Gasteiger partial charge in [-0.3, -0.25) is 0 Å². The fraction of sp³-hybridized carbons (Fsp3) is 0.114. The van der Waals surface area contributed by atoms with Gasteiger partial charge in [-0.05, 0) is 25.1 Å². The first-order valence-electron chi connectivity index (χ1n) is 17.1. The van der Waals surface area contributed by atoms with Crippen molar-refractivity contribution in [3.8, 4) is 37.6 Å². The zero-order valence-electron chi connectivity index (χ0n) is 28.8.